The maximum Gasteiger partial charge on any atom is 0.255 e. The van der Waals surface area contributed by atoms with E-state index < -0.39 is 0 Å². The van der Waals surface area contributed by atoms with Crippen molar-refractivity contribution in [1.82, 2.24) is 15.0 Å². The van der Waals surface area contributed by atoms with Gasteiger partial charge in [0, 0.05) is 60.3 Å². The van der Waals surface area contributed by atoms with Gasteiger partial charge in [-0.15, -0.1) is 0 Å². The lowest BCUT2D eigenvalue weighted by Crippen LogP contribution is -2.20. The van der Waals surface area contributed by atoms with Crippen LogP contribution in [0, 0.1) is 0 Å². The van der Waals surface area contributed by atoms with E-state index in [0.29, 0.717) is 29.6 Å². The minimum absolute atomic E-state index is 0.170. The molecule has 0 aliphatic carbocycles. The monoisotopic (exact) mass is 586 g/mol. The van der Waals surface area contributed by atoms with Crippen LogP contribution in [-0.2, 0) is 6.61 Å². The molecule has 1 aliphatic rings. The summed E-state index contributed by atoms with van der Waals surface area (Å²) in [5.41, 5.74) is 4.98. The van der Waals surface area contributed by atoms with Gasteiger partial charge in [-0.25, -0.2) is 15.0 Å². The molecule has 0 saturated carbocycles. The molecule has 0 unspecified atom stereocenters. The van der Waals surface area contributed by atoms with E-state index in [-0.39, 0.29) is 5.91 Å². The molecule has 2 N–H and O–H groups in total. The van der Waals surface area contributed by atoms with Gasteiger partial charge in [0.1, 0.15) is 18.2 Å². The lowest BCUT2D eigenvalue weighted by Gasteiger charge is -2.17. The minimum Gasteiger partial charge on any atom is -0.488 e. The Balaban J connectivity index is 1.27. The fraction of sp³-hybridized carbons (Fsp3) is 0.278. The Kier molecular flexibility index (Phi) is 9.26. The first-order valence-corrected chi connectivity index (χ1v) is 15.5. The highest BCUT2D eigenvalue weighted by atomic mass is 16.5. The molecule has 0 spiro atoms. The second kappa shape index (κ2) is 14.0. The third kappa shape index (κ3) is 7.14. The molecule has 1 amide bonds. The van der Waals surface area contributed by atoms with E-state index in [4.69, 9.17) is 9.72 Å². The molecule has 1 saturated heterocycles. The molecule has 0 atom stereocenters. The first kappa shape index (κ1) is 29.1. The second-order valence-corrected chi connectivity index (χ2v) is 11.1. The van der Waals surface area contributed by atoms with E-state index >= 15 is 0 Å². The topological polar surface area (TPSA) is 92.3 Å². The van der Waals surface area contributed by atoms with Gasteiger partial charge in [0.25, 0.3) is 5.91 Å². The van der Waals surface area contributed by atoms with Gasteiger partial charge >= 0.3 is 0 Å². The van der Waals surface area contributed by atoms with Crippen molar-refractivity contribution in [3.8, 4) is 16.9 Å². The first-order chi connectivity index (χ1) is 21.7. The molecule has 1 aliphatic heterocycles. The number of nitrogens with zero attached hydrogens (tertiary/aromatic N) is 4. The number of nitrogens with one attached hydrogen (secondary N) is 2. The summed E-state index contributed by atoms with van der Waals surface area (Å²) in [7, 11) is 0. The van der Waals surface area contributed by atoms with Gasteiger partial charge < -0.3 is 20.3 Å². The minimum atomic E-state index is -0.170. The van der Waals surface area contributed by atoms with E-state index in [9.17, 15) is 4.79 Å². The molecule has 3 aromatic carbocycles. The predicted molar refractivity (Wildman–Crippen MR) is 177 cm³/mol. The standard InChI is InChI=1S/C36H38N6O2/c1-2-3-7-16-38-36-39-24-29-21-31(33(23-32(29)41-36)44-25-26-11-5-4-6-12-26)27-13-10-14-30(20-27)40-35(43)28-15-17-37-34(22-28)42-18-8-9-19-42/h4-6,10-15,17,20-24H,2-3,7-9,16,18-19,25H2,1H3,(H,40,43)(H,38,39,41). The summed E-state index contributed by atoms with van der Waals surface area (Å²) in [6.07, 6.45) is 9.28. The average Bonchev–Trinajstić information content (AvgIpc) is 3.61. The van der Waals surface area contributed by atoms with Gasteiger partial charge in [0.15, 0.2) is 0 Å². The molecule has 0 radical (unpaired) electrons. The second-order valence-electron chi connectivity index (χ2n) is 11.1. The van der Waals surface area contributed by atoms with Crippen molar-refractivity contribution >= 4 is 34.3 Å². The molecule has 224 valence electrons. The molecular formula is C36H38N6O2. The SMILES string of the molecule is CCCCCNc1ncc2cc(-c3cccc(NC(=O)c4ccnc(N5CCCC5)c4)c3)c(OCc3ccccc3)cc2n1. The summed E-state index contributed by atoms with van der Waals surface area (Å²) < 4.78 is 6.41. The summed E-state index contributed by atoms with van der Waals surface area (Å²) in [5, 5.41) is 7.33. The number of carbonyl (C=O) groups is 1. The number of rotatable bonds is 12. The number of pyridine rings is 1. The summed E-state index contributed by atoms with van der Waals surface area (Å²) in [6.45, 7) is 5.40. The van der Waals surface area contributed by atoms with Crippen molar-refractivity contribution in [3.05, 3.63) is 102 Å². The molecule has 0 bridgehead atoms. The van der Waals surface area contributed by atoms with Crippen LogP contribution in [0.15, 0.2) is 91.3 Å². The Morgan fingerprint density at radius 3 is 2.64 bits per heavy atom. The van der Waals surface area contributed by atoms with Gasteiger partial charge in [-0.3, -0.25) is 4.79 Å². The average molecular weight is 587 g/mol. The zero-order valence-electron chi connectivity index (χ0n) is 25.1. The zero-order valence-corrected chi connectivity index (χ0v) is 25.1. The number of anilines is 3. The van der Waals surface area contributed by atoms with Crippen LogP contribution in [0.2, 0.25) is 0 Å². The highest BCUT2D eigenvalue weighted by molar-refractivity contribution is 6.05. The highest BCUT2D eigenvalue weighted by Crippen LogP contribution is 2.36. The van der Waals surface area contributed by atoms with Crippen molar-refractivity contribution in [1.29, 1.82) is 0 Å². The predicted octanol–water partition coefficient (Wildman–Crippen LogP) is 7.73. The molecule has 8 heteroatoms. The number of fused-ring (bicyclic) bond motifs is 1. The summed E-state index contributed by atoms with van der Waals surface area (Å²) >= 11 is 0. The largest absolute Gasteiger partial charge is 0.488 e. The normalized spacial score (nSPS) is 12.8. The Hall–Kier alpha value is -4.98. The first-order valence-electron chi connectivity index (χ1n) is 15.5. The number of hydrogen-bond donors (Lipinski definition) is 2. The number of amides is 1. The van der Waals surface area contributed by atoms with Crippen molar-refractivity contribution in [2.45, 2.75) is 45.6 Å². The quantitative estimate of drug-likeness (QED) is 0.145. The number of benzene rings is 3. The zero-order chi connectivity index (χ0) is 30.1. The van der Waals surface area contributed by atoms with Crippen LogP contribution in [0.25, 0.3) is 22.0 Å². The van der Waals surface area contributed by atoms with E-state index in [0.717, 1.165) is 72.3 Å². The summed E-state index contributed by atoms with van der Waals surface area (Å²) in [5.74, 6) is 2.01. The molecule has 44 heavy (non-hydrogen) atoms. The number of unbranched alkanes of at least 4 members (excludes halogenated alkanes) is 2. The van der Waals surface area contributed by atoms with Crippen LogP contribution in [0.4, 0.5) is 17.5 Å². The van der Waals surface area contributed by atoms with Crippen LogP contribution in [-0.4, -0.2) is 40.5 Å². The van der Waals surface area contributed by atoms with Crippen LogP contribution >= 0.6 is 0 Å². The number of hydrogen-bond acceptors (Lipinski definition) is 7. The smallest absolute Gasteiger partial charge is 0.255 e. The Morgan fingerprint density at radius 1 is 0.932 bits per heavy atom. The lowest BCUT2D eigenvalue weighted by atomic mass is 10.0. The van der Waals surface area contributed by atoms with Gasteiger partial charge in [-0.2, -0.15) is 0 Å². The highest BCUT2D eigenvalue weighted by Gasteiger charge is 2.17. The third-order valence-electron chi connectivity index (χ3n) is 7.85. The van der Waals surface area contributed by atoms with Crippen LogP contribution < -0.4 is 20.3 Å². The fourth-order valence-electron chi connectivity index (χ4n) is 5.45. The molecule has 3 heterocycles. The molecule has 6 rings (SSSR count). The maximum absolute atomic E-state index is 13.3. The Labute approximate surface area is 258 Å². The molecule has 2 aromatic heterocycles. The van der Waals surface area contributed by atoms with Crippen molar-refractivity contribution in [2.24, 2.45) is 0 Å². The van der Waals surface area contributed by atoms with Crippen LogP contribution in [0.3, 0.4) is 0 Å². The third-order valence-corrected chi connectivity index (χ3v) is 7.85. The van der Waals surface area contributed by atoms with E-state index in [2.05, 4.69) is 38.5 Å². The molecule has 8 nitrogen and oxygen atoms in total. The van der Waals surface area contributed by atoms with Crippen molar-refractivity contribution in [2.75, 3.05) is 35.2 Å². The summed E-state index contributed by atoms with van der Waals surface area (Å²) in [4.78, 5) is 29.3. The van der Waals surface area contributed by atoms with Gasteiger partial charge in [-0.1, -0.05) is 62.2 Å². The van der Waals surface area contributed by atoms with E-state index in [1.807, 2.05) is 72.9 Å². The van der Waals surface area contributed by atoms with Crippen molar-refractivity contribution < 1.29 is 9.53 Å². The molecule has 1 fully saturated rings. The lowest BCUT2D eigenvalue weighted by molar-refractivity contribution is 0.102. The summed E-state index contributed by atoms with van der Waals surface area (Å²) in [6, 6.07) is 25.6. The van der Waals surface area contributed by atoms with Crippen LogP contribution in [0.5, 0.6) is 5.75 Å². The van der Waals surface area contributed by atoms with Crippen LogP contribution in [0.1, 0.15) is 54.9 Å². The van der Waals surface area contributed by atoms with Gasteiger partial charge in [0.2, 0.25) is 5.95 Å². The van der Waals surface area contributed by atoms with Crippen molar-refractivity contribution in [3.63, 3.8) is 0 Å². The number of aromatic nitrogens is 3. The number of ether oxygens (including phenoxy) is 1. The fourth-order valence-corrected chi connectivity index (χ4v) is 5.45. The van der Waals surface area contributed by atoms with Gasteiger partial charge in [0.05, 0.1) is 5.52 Å². The molecular weight excluding hydrogens is 548 g/mol. The van der Waals surface area contributed by atoms with E-state index in [1.54, 1.807) is 12.3 Å². The number of carbonyl (C=O) groups excluding carboxylic acids is 1. The Bertz CT molecular complexity index is 1720. The molecule has 5 aromatic rings. The Morgan fingerprint density at radius 2 is 1.80 bits per heavy atom. The maximum atomic E-state index is 13.3. The van der Waals surface area contributed by atoms with Gasteiger partial charge in [-0.05, 0) is 60.7 Å². The van der Waals surface area contributed by atoms with E-state index in [1.165, 1.54) is 12.8 Å².